The molecule has 0 spiro atoms. The standard InChI is InChI=1S/C4H6Br2N2O6/c5-3(7(11)12)1(9)2(10)4(6)8(13)14/h1-4,9-10H. The van der Waals surface area contributed by atoms with E-state index in [0.29, 0.717) is 0 Å². The molecule has 4 atom stereocenters. The lowest BCUT2D eigenvalue weighted by molar-refractivity contribution is -0.526. The minimum Gasteiger partial charge on any atom is -0.382 e. The lowest BCUT2D eigenvalue weighted by Crippen LogP contribution is -2.45. The lowest BCUT2D eigenvalue weighted by atomic mass is 10.2. The SMILES string of the molecule is O=[N+]([O-])C(Br)C(O)C(O)C(Br)[N+](=O)[O-]. The Bertz CT molecular complexity index is 214. The summed E-state index contributed by atoms with van der Waals surface area (Å²) in [5, 5.41) is 38.5. The molecule has 4 unspecified atom stereocenters. The van der Waals surface area contributed by atoms with Crippen molar-refractivity contribution in [1.29, 1.82) is 0 Å². The molecule has 0 radical (unpaired) electrons. The van der Waals surface area contributed by atoms with Crippen molar-refractivity contribution in [2.45, 2.75) is 22.1 Å². The maximum Gasteiger partial charge on any atom is 0.294 e. The molecule has 0 aromatic rings. The molecule has 82 valence electrons. The zero-order valence-electron chi connectivity index (χ0n) is 6.49. The second-order valence-electron chi connectivity index (χ2n) is 2.30. The summed E-state index contributed by atoms with van der Waals surface area (Å²) in [6, 6.07) is 0. The van der Waals surface area contributed by atoms with E-state index in [1.807, 2.05) is 0 Å². The summed E-state index contributed by atoms with van der Waals surface area (Å²) in [4.78, 5) is 15.2. The van der Waals surface area contributed by atoms with Gasteiger partial charge in [-0.15, -0.1) is 0 Å². The summed E-state index contributed by atoms with van der Waals surface area (Å²) in [7, 11) is 0. The molecule has 8 nitrogen and oxygen atoms in total. The van der Waals surface area contributed by atoms with Crippen LogP contribution in [0.4, 0.5) is 0 Å². The fourth-order valence-corrected chi connectivity index (χ4v) is 1.20. The van der Waals surface area contributed by atoms with E-state index in [2.05, 4.69) is 31.9 Å². The van der Waals surface area contributed by atoms with Crippen molar-refractivity contribution in [1.82, 2.24) is 0 Å². The van der Waals surface area contributed by atoms with Crippen LogP contribution in [0.5, 0.6) is 0 Å². The van der Waals surface area contributed by atoms with E-state index in [-0.39, 0.29) is 0 Å². The number of nitro groups is 2. The van der Waals surface area contributed by atoms with Gasteiger partial charge in [0, 0.05) is 9.85 Å². The molecule has 2 N–H and O–H groups in total. The molecule has 0 aliphatic carbocycles. The number of hydrogen-bond donors (Lipinski definition) is 2. The molecule has 0 bridgehead atoms. The van der Waals surface area contributed by atoms with Crippen LogP contribution in [-0.4, -0.2) is 42.2 Å². The predicted octanol–water partition coefficient (Wildman–Crippen LogP) is -0.296. The molecular formula is C4H6Br2N2O6. The molecule has 10 heteroatoms. The molecule has 14 heavy (non-hydrogen) atoms. The average molecular weight is 338 g/mol. The van der Waals surface area contributed by atoms with Crippen molar-refractivity contribution in [2.24, 2.45) is 0 Å². The van der Waals surface area contributed by atoms with Crippen molar-refractivity contribution in [3.05, 3.63) is 20.2 Å². The van der Waals surface area contributed by atoms with E-state index in [0.717, 1.165) is 0 Å². The van der Waals surface area contributed by atoms with E-state index in [1.165, 1.54) is 0 Å². The van der Waals surface area contributed by atoms with Gasteiger partial charge in [0.15, 0.2) is 12.2 Å². The van der Waals surface area contributed by atoms with Crippen molar-refractivity contribution in [3.8, 4) is 0 Å². The minimum atomic E-state index is -1.88. The van der Waals surface area contributed by atoms with E-state index in [4.69, 9.17) is 10.2 Å². The van der Waals surface area contributed by atoms with Gasteiger partial charge in [0.1, 0.15) is 0 Å². The minimum absolute atomic E-state index is 0.909. The summed E-state index contributed by atoms with van der Waals surface area (Å²) in [6.45, 7) is 0. The van der Waals surface area contributed by atoms with Gasteiger partial charge in [-0.2, -0.15) is 0 Å². The van der Waals surface area contributed by atoms with Gasteiger partial charge in [0.25, 0.3) is 9.90 Å². The van der Waals surface area contributed by atoms with Crippen LogP contribution in [0.3, 0.4) is 0 Å². The molecular weight excluding hydrogens is 332 g/mol. The van der Waals surface area contributed by atoms with Crippen molar-refractivity contribution in [3.63, 3.8) is 0 Å². The Morgan fingerprint density at radius 3 is 1.29 bits per heavy atom. The quantitative estimate of drug-likeness (QED) is 0.307. The largest absolute Gasteiger partial charge is 0.382 e. The highest BCUT2D eigenvalue weighted by Crippen LogP contribution is 2.17. The van der Waals surface area contributed by atoms with Gasteiger partial charge in [0.2, 0.25) is 0 Å². The number of halogens is 2. The number of hydrogen-bond acceptors (Lipinski definition) is 6. The Morgan fingerprint density at radius 1 is 0.929 bits per heavy atom. The van der Waals surface area contributed by atoms with Crippen molar-refractivity contribution < 1.29 is 20.1 Å². The molecule has 0 heterocycles. The second kappa shape index (κ2) is 5.53. The maximum absolute atomic E-state index is 10.1. The molecule has 0 saturated carbocycles. The normalized spacial score (nSPS) is 19.4. The molecule has 0 fully saturated rings. The third-order valence-corrected chi connectivity index (χ3v) is 3.07. The van der Waals surface area contributed by atoms with Gasteiger partial charge in [-0.1, -0.05) is 0 Å². The Kier molecular flexibility index (Phi) is 5.41. The van der Waals surface area contributed by atoms with Crippen LogP contribution < -0.4 is 0 Å². The summed E-state index contributed by atoms with van der Waals surface area (Å²) in [5.41, 5.74) is 0. The first kappa shape index (κ1) is 13.7. The monoisotopic (exact) mass is 336 g/mol. The van der Waals surface area contributed by atoms with Crippen LogP contribution in [0.25, 0.3) is 0 Å². The Labute approximate surface area is 94.5 Å². The van der Waals surface area contributed by atoms with Crippen LogP contribution in [0.15, 0.2) is 0 Å². The van der Waals surface area contributed by atoms with Crippen LogP contribution in [0.2, 0.25) is 0 Å². The van der Waals surface area contributed by atoms with Crippen LogP contribution in [-0.2, 0) is 0 Å². The molecule has 0 aromatic carbocycles. The average Bonchev–Trinajstić information content (AvgIpc) is 2.12. The molecule has 0 aromatic heterocycles. The van der Waals surface area contributed by atoms with E-state index < -0.39 is 32.0 Å². The Hall–Kier alpha value is -0.320. The number of nitrogens with zero attached hydrogens (tertiary/aromatic N) is 2. The molecule has 0 saturated heterocycles. The van der Waals surface area contributed by atoms with Crippen LogP contribution in [0.1, 0.15) is 0 Å². The third-order valence-electron chi connectivity index (χ3n) is 1.32. The second-order valence-corrected chi connectivity index (χ2v) is 4.17. The van der Waals surface area contributed by atoms with Crippen LogP contribution >= 0.6 is 31.9 Å². The van der Waals surface area contributed by atoms with Gasteiger partial charge in [-0.25, -0.2) is 0 Å². The van der Waals surface area contributed by atoms with E-state index in [1.54, 1.807) is 0 Å². The fourth-order valence-electron chi connectivity index (χ4n) is 0.575. The maximum atomic E-state index is 10.1. The summed E-state index contributed by atoms with van der Waals surface area (Å²) >= 11 is 4.95. The smallest absolute Gasteiger partial charge is 0.294 e. The van der Waals surface area contributed by atoms with E-state index in [9.17, 15) is 20.2 Å². The Morgan fingerprint density at radius 2 is 1.14 bits per heavy atom. The number of aliphatic hydroxyl groups excluding tert-OH is 2. The number of alkyl halides is 2. The van der Waals surface area contributed by atoms with Crippen molar-refractivity contribution >= 4 is 31.9 Å². The first-order valence-corrected chi connectivity index (χ1v) is 5.03. The summed E-state index contributed by atoms with van der Waals surface area (Å²) in [5.74, 6) is 0. The van der Waals surface area contributed by atoms with Crippen LogP contribution in [0, 0.1) is 20.2 Å². The highest BCUT2D eigenvalue weighted by atomic mass is 79.9. The van der Waals surface area contributed by atoms with Gasteiger partial charge in [-0.3, -0.25) is 20.2 Å². The summed E-state index contributed by atoms with van der Waals surface area (Å²) in [6.07, 6.45) is -3.75. The molecule has 0 aliphatic heterocycles. The predicted molar refractivity (Wildman–Crippen MR) is 51.4 cm³/mol. The lowest BCUT2D eigenvalue weighted by Gasteiger charge is -2.17. The molecule has 0 rings (SSSR count). The van der Waals surface area contributed by atoms with Gasteiger partial charge in [0.05, 0.1) is 0 Å². The zero-order valence-corrected chi connectivity index (χ0v) is 9.66. The summed E-state index contributed by atoms with van der Waals surface area (Å²) < 4.78 is 0. The first-order valence-electron chi connectivity index (χ1n) is 3.20. The topological polar surface area (TPSA) is 127 Å². The fraction of sp³-hybridized carbons (Fsp3) is 1.00. The van der Waals surface area contributed by atoms with Crippen molar-refractivity contribution in [2.75, 3.05) is 0 Å². The highest BCUT2D eigenvalue weighted by molar-refractivity contribution is 9.09. The third kappa shape index (κ3) is 3.44. The zero-order chi connectivity index (χ0) is 11.5. The van der Waals surface area contributed by atoms with Gasteiger partial charge >= 0.3 is 0 Å². The highest BCUT2D eigenvalue weighted by Gasteiger charge is 2.41. The number of aliphatic hydroxyl groups is 2. The van der Waals surface area contributed by atoms with Gasteiger partial charge < -0.3 is 10.2 Å². The number of rotatable bonds is 5. The molecule has 0 aliphatic rings. The van der Waals surface area contributed by atoms with Gasteiger partial charge in [-0.05, 0) is 31.9 Å². The molecule has 0 amide bonds. The van der Waals surface area contributed by atoms with E-state index >= 15 is 0 Å². The Balaban J connectivity index is 4.45. The first-order chi connectivity index (χ1) is 6.29.